The maximum atomic E-state index is 5.76. The lowest BCUT2D eigenvalue weighted by Gasteiger charge is -2.13. The van der Waals surface area contributed by atoms with Crippen LogP contribution in [0, 0.1) is 12.3 Å². The van der Waals surface area contributed by atoms with Crippen molar-refractivity contribution in [2.75, 3.05) is 20.8 Å². The van der Waals surface area contributed by atoms with Gasteiger partial charge in [0.25, 0.3) is 0 Å². The third-order valence-corrected chi connectivity index (χ3v) is 3.75. The zero-order valence-electron chi connectivity index (χ0n) is 14.7. The molecule has 132 valence electrons. The molecule has 0 unspecified atom stereocenters. The number of hydrogen-bond donors (Lipinski definition) is 0. The molecule has 0 aliphatic heterocycles. The quantitative estimate of drug-likeness (QED) is 0.487. The Balaban J connectivity index is 1.67. The van der Waals surface area contributed by atoms with Crippen LogP contribution in [-0.2, 0) is 22.7 Å². The smallest absolute Gasteiger partial charge is 0.120 e. The van der Waals surface area contributed by atoms with Gasteiger partial charge in [-0.3, -0.25) is 0 Å². The van der Waals surface area contributed by atoms with Gasteiger partial charge in [0.2, 0.25) is 0 Å². The second-order valence-electron chi connectivity index (χ2n) is 5.50. The first-order chi connectivity index (χ1) is 12.2. The molecule has 0 aliphatic carbocycles. The van der Waals surface area contributed by atoms with Crippen molar-refractivity contribution in [2.45, 2.75) is 25.7 Å². The molecule has 0 bridgehead atoms. The van der Waals surface area contributed by atoms with E-state index in [1.807, 2.05) is 48.5 Å². The number of methoxy groups -OCH3 is 2. The zero-order valence-corrected chi connectivity index (χ0v) is 14.7. The van der Waals surface area contributed by atoms with Crippen LogP contribution in [0.25, 0.3) is 0 Å². The molecular weight excluding hydrogens is 316 g/mol. The van der Waals surface area contributed by atoms with Crippen LogP contribution >= 0.6 is 0 Å². The van der Waals surface area contributed by atoms with Gasteiger partial charge in [0.15, 0.2) is 0 Å². The van der Waals surface area contributed by atoms with Gasteiger partial charge in [0.05, 0.1) is 34.0 Å². The van der Waals surface area contributed by atoms with Gasteiger partial charge in [-0.15, -0.1) is 6.42 Å². The summed E-state index contributed by atoms with van der Waals surface area (Å²) in [5, 5.41) is 0. The summed E-state index contributed by atoms with van der Waals surface area (Å²) in [7, 11) is 3.29. The van der Waals surface area contributed by atoms with Crippen molar-refractivity contribution in [2.24, 2.45) is 0 Å². The van der Waals surface area contributed by atoms with Gasteiger partial charge in [-0.2, -0.15) is 0 Å². The monoisotopic (exact) mass is 340 g/mol. The van der Waals surface area contributed by atoms with Crippen LogP contribution in [-0.4, -0.2) is 26.9 Å². The second-order valence-corrected chi connectivity index (χ2v) is 5.50. The van der Waals surface area contributed by atoms with Gasteiger partial charge in [-0.25, -0.2) is 0 Å². The lowest BCUT2D eigenvalue weighted by molar-refractivity contribution is 0.0383. The predicted octanol–water partition coefficient (Wildman–Crippen LogP) is 3.83. The van der Waals surface area contributed by atoms with Crippen LogP contribution in [0.15, 0.2) is 48.5 Å². The molecule has 4 nitrogen and oxygen atoms in total. The van der Waals surface area contributed by atoms with Crippen LogP contribution in [0.3, 0.4) is 0 Å². The predicted molar refractivity (Wildman–Crippen MR) is 97.7 cm³/mol. The Bertz CT molecular complexity index is 656. The molecule has 0 aliphatic rings. The van der Waals surface area contributed by atoms with Gasteiger partial charge < -0.3 is 18.9 Å². The summed E-state index contributed by atoms with van der Waals surface area (Å²) in [6.07, 6.45) is 5.93. The molecule has 4 heteroatoms. The highest BCUT2D eigenvalue weighted by Gasteiger charge is 2.06. The fourth-order valence-electron chi connectivity index (χ4n) is 2.24. The van der Waals surface area contributed by atoms with E-state index >= 15 is 0 Å². The molecule has 2 aromatic rings. The minimum Gasteiger partial charge on any atom is -0.497 e. The highest BCUT2D eigenvalue weighted by atomic mass is 16.5. The molecule has 0 aromatic heterocycles. The van der Waals surface area contributed by atoms with E-state index in [1.165, 1.54) is 0 Å². The van der Waals surface area contributed by atoms with Crippen molar-refractivity contribution in [3.8, 4) is 23.8 Å². The van der Waals surface area contributed by atoms with Crippen molar-refractivity contribution in [3.05, 3.63) is 59.7 Å². The van der Waals surface area contributed by atoms with E-state index in [2.05, 4.69) is 5.92 Å². The number of benzene rings is 2. The average molecular weight is 340 g/mol. The van der Waals surface area contributed by atoms with Crippen molar-refractivity contribution < 1.29 is 18.9 Å². The van der Waals surface area contributed by atoms with Crippen LogP contribution in [0.1, 0.15) is 17.5 Å². The number of rotatable bonds is 10. The Morgan fingerprint density at radius 2 is 1.36 bits per heavy atom. The topological polar surface area (TPSA) is 36.9 Å². The SMILES string of the molecule is C#C[C@H](CCOCc1ccc(OC)cc1)OCc1ccc(OC)cc1. The normalized spacial score (nSPS) is 11.6. The number of hydrogen-bond acceptors (Lipinski definition) is 4. The van der Waals surface area contributed by atoms with Crippen molar-refractivity contribution in [3.63, 3.8) is 0 Å². The molecule has 0 saturated heterocycles. The number of terminal acetylenes is 1. The Hall–Kier alpha value is -2.48. The van der Waals surface area contributed by atoms with E-state index in [9.17, 15) is 0 Å². The van der Waals surface area contributed by atoms with E-state index in [-0.39, 0.29) is 6.10 Å². The zero-order chi connectivity index (χ0) is 17.9. The minimum atomic E-state index is -0.266. The van der Waals surface area contributed by atoms with E-state index < -0.39 is 0 Å². The van der Waals surface area contributed by atoms with Crippen LogP contribution in [0.4, 0.5) is 0 Å². The van der Waals surface area contributed by atoms with E-state index in [1.54, 1.807) is 14.2 Å². The second kappa shape index (κ2) is 10.4. The summed E-state index contributed by atoms with van der Waals surface area (Å²) >= 11 is 0. The van der Waals surface area contributed by atoms with Gasteiger partial charge in [-0.1, -0.05) is 30.2 Å². The lowest BCUT2D eigenvalue weighted by atomic mass is 10.2. The van der Waals surface area contributed by atoms with Gasteiger partial charge >= 0.3 is 0 Å². The fourth-order valence-corrected chi connectivity index (χ4v) is 2.24. The third kappa shape index (κ3) is 6.50. The molecular formula is C21H24O4. The highest BCUT2D eigenvalue weighted by molar-refractivity contribution is 5.27. The Morgan fingerprint density at radius 3 is 1.84 bits per heavy atom. The third-order valence-electron chi connectivity index (χ3n) is 3.75. The van der Waals surface area contributed by atoms with Gasteiger partial charge in [0, 0.05) is 6.42 Å². The van der Waals surface area contributed by atoms with E-state index in [4.69, 9.17) is 25.4 Å². The number of ether oxygens (including phenoxy) is 4. The van der Waals surface area contributed by atoms with Crippen molar-refractivity contribution in [1.29, 1.82) is 0 Å². The van der Waals surface area contributed by atoms with Crippen LogP contribution in [0.2, 0.25) is 0 Å². The van der Waals surface area contributed by atoms with Crippen LogP contribution < -0.4 is 9.47 Å². The molecule has 2 aromatic carbocycles. The molecule has 0 radical (unpaired) electrons. The summed E-state index contributed by atoms with van der Waals surface area (Å²) < 4.78 is 21.7. The molecule has 0 saturated carbocycles. The lowest BCUT2D eigenvalue weighted by Crippen LogP contribution is -2.13. The summed E-state index contributed by atoms with van der Waals surface area (Å²) in [6, 6.07) is 15.5. The minimum absolute atomic E-state index is 0.266. The molecule has 25 heavy (non-hydrogen) atoms. The van der Waals surface area contributed by atoms with Gasteiger partial charge in [-0.05, 0) is 35.4 Å². The van der Waals surface area contributed by atoms with Crippen LogP contribution in [0.5, 0.6) is 11.5 Å². The maximum Gasteiger partial charge on any atom is 0.120 e. The summed E-state index contributed by atoms with van der Waals surface area (Å²) in [4.78, 5) is 0. The Morgan fingerprint density at radius 1 is 0.840 bits per heavy atom. The molecule has 0 heterocycles. The molecule has 1 atom stereocenters. The average Bonchev–Trinajstić information content (AvgIpc) is 2.68. The Kier molecular flexibility index (Phi) is 7.84. The van der Waals surface area contributed by atoms with Crippen molar-refractivity contribution in [1.82, 2.24) is 0 Å². The highest BCUT2D eigenvalue weighted by Crippen LogP contribution is 2.14. The fraction of sp³-hybridized carbons (Fsp3) is 0.333. The molecule has 0 amide bonds. The van der Waals surface area contributed by atoms with Crippen molar-refractivity contribution >= 4 is 0 Å². The maximum absolute atomic E-state index is 5.76. The molecule has 0 spiro atoms. The first-order valence-corrected chi connectivity index (χ1v) is 8.16. The first-order valence-electron chi connectivity index (χ1n) is 8.16. The summed E-state index contributed by atoms with van der Waals surface area (Å²) in [5.74, 6) is 4.32. The molecule has 2 rings (SSSR count). The Labute approximate surface area is 149 Å². The van der Waals surface area contributed by atoms with Gasteiger partial charge in [0.1, 0.15) is 17.6 Å². The molecule has 0 N–H and O–H groups in total. The van der Waals surface area contributed by atoms with E-state index in [0.29, 0.717) is 26.2 Å². The standard InChI is InChI=1S/C21H24O4/c1-4-19(25-16-18-7-11-21(23-3)12-8-18)13-14-24-15-17-5-9-20(22-2)10-6-17/h1,5-12,19H,13-16H2,2-3H3/t19-/m1/s1. The largest absolute Gasteiger partial charge is 0.497 e. The first kappa shape index (κ1) is 18.9. The summed E-state index contributed by atoms with van der Waals surface area (Å²) in [5.41, 5.74) is 2.15. The van der Waals surface area contributed by atoms with E-state index in [0.717, 1.165) is 22.6 Å². The summed E-state index contributed by atoms with van der Waals surface area (Å²) in [6.45, 7) is 1.56. The molecule has 0 fully saturated rings.